The summed E-state index contributed by atoms with van der Waals surface area (Å²) < 4.78 is 0. The van der Waals surface area contributed by atoms with Crippen molar-refractivity contribution >= 4 is 0 Å². The maximum absolute atomic E-state index is 5.23. The summed E-state index contributed by atoms with van der Waals surface area (Å²) in [6.07, 6.45) is 11.4. The van der Waals surface area contributed by atoms with E-state index in [1.165, 1.54) is 45.3 Å². The van der Waals surface area contributed by atoms with Crippen molar-refractivity contribution in [2.45, 2.75) is 38.1 Å². The Hall–Kier alpha value is -0.520. The largest absolute Gasteiger partial charge is 0.312 e. The standard InChI is InChI=1S/C13H22N2/c1-2-3-4-5-8-14-13-11-15-9-6-12(13)7-10-15/h1,12-14H,3-11H2. The molecule has 0 saturated carbocycles. The predicted octanol–water partition coefficient (Wildman–Crippen LogP) is 1.47. The van der Waals surface area contributed by atoms with E-state index in [1.807, 2.05) is 0 Å². The molecule has 2 bridgehead atoms. The highest BCUT2D eigenvalue weighted by Gasteiger charge is 2.33. The van der Waals surface area contributed by atoms with Crippen LogP contribution in [0.25, 0.3) is 0 Å². The van der Waals surface area contributed by atoms with Crippen LogP contribution in [0.1, 0.15) is 32.1 Å². The number of hydrogen-bond acceptors (Lipinski definition) is 2. The number of piperidine rings is 3. The van der Waals surface area contributed by atoms with Crippen molar-refractivity contribution < 1.29 is 0 Å². The second kappa shape index (κ2) is 5.53. The Morgan fingerprint density at radius 2 is 2.07 bits per heavy atom. The quantitative estimate of drug-likeness (QED) is 0.541. The molecule has 0 aromatic carbocycles. The molecule has 0 aromatic rings. The molecular formula is C13H22N2. The third-order valence-electron chi connectivity index (χ3n) is 3.81. The van der Waals surface area contributed by atoms with Gasteiger partial charge >= 0.3 is 0 Å². The molecule has 2 nitrogen and oxygen atoms in total. The number of hydrogen-bond donors (Lipinski definition) is 1. The molecule has 0 radical (unpaired) electrons. The molecule has 0 amide bonds. The Morgan fingerprint density at radius 1 is 1.27 bits per heavy atom. The van der Waals surface area contributed by atoms with Crippen LogP contribution in [0.15, 0.2) is 0 Å². The van der Waals surface area contributed by atoms with Crippen molar-refractivity contribution in [2.24, 2.45) is 5.92 Å². The summed E-state index contributed by atoms with van der Waals surface area (Å²) in [6, 6.07) is 0.762. The number of fused-ring (bicyclic) bond motifs is 3. The van der Waals surface area contributed by atoms with E-state index in [9.17, 15) is 0 Å². The first-order valence-electron chi connectivity index (χ1n) is 6.29. The van der Waals surface area contributed by atoms with Crippen LogP contribution in [0.2, 0.25) is 0 Å². The Morgan fingerprint density at radius 3 is 2.67 bits per heavy atom. The van der Waals surface area contributed by atoms with E-state index in [0.717, 1.165) is 24.9 Å². The molecule has 15 heavy (non-hydrogen) atoms. The lowest BCUT2D eigenvalue weighted by atomic mass is 9.84. The minimum absolute atomic E-state index is 0.762. The van der Waals surface area contributed by atoms with Crippen LogP contribution in [0.5, 0.6) is 0 Å². The molecule has 3 aliphatic rings. The molecule has 0 spiro atoms. The summed E-state index contributed by atoms with van der Waals surface area (Å²) in [5.41, 5.74) is 0. The average Bonchev–Trinajstić information content (AvgIpc) is 2.30. The highest BCUT2D eigenvalue weighted by Crippen LogP contribution is 2.27. The third-order valence-corrected chi connectivity index (χ3v) is 3.81. The summed E-state index contributed by atoms with van der Waals surface area (Å²) in [4.78, 5) is 2.60. The van der Waals surface area contributed by atoms with Gasteiger partial charge in [0.05, 0.1) is 0 Å². The fraction of sp³-hybridized carbons (Fsp3) is 0.846. The monoisotopic (exact) mass is 206 g/mol. The van der Waals surface area contributed by atoms with Crippen molar-refractivity contribution in [1.82, 2.24) is 10.2 Å². The minimum Gasteiger partial charge on any atom is -0.312 e. The second-order valence-corrected chi connectivity index (χ2v) is 4.86. The van der Waals surface area contributed by atoms with Crippen LogP contribution in [-0.4, -0.2) is 37.1 Å². The fourth-order valence-corrected chi connectivity index (χ4v) is 2.84. The molecule has 1 atom stereocenters. The lowest BCUT2D eigenvalue weighted by molar-refractivity contribution is 0.0727. The topological polar surface area (TPSA) is 15.3 Å². The maximum atomic E-state index is 5.23. The molecule has 0 aromatic heterocycles. The van der Waals surface area contributed by atoms with Gasteiger partial charge in [0.1, 0.15) is 0 Å². The highest BCUT2D eigenvalue weighted by atomic mass is 15.2. The smallest absolute Gasteiger partial charge is 0.0224 e. The van der Waals surface area contributed by atoms with Crippen LogP contribution >= 0.6 is 0 Å². The number of unbranched alkanes of at least 4 members (excludes halogenated alkanes) is 2. The van der Waals surface area contributed by atoms with Crippen molar-refractivity contribution in [3.05, 3.63) is 0 Å². The third kappa shape index (κ3) is 2.96. The van der Waals surface area contributed by atoms with Gasteiger partial charge in [-0.2, -0.15) is 0 Å². The maximum Gasteiger partial charge on any atom is 0.0224 e. The van der Waals surface area contributed by atoms with Crippen LogP contribution < -0.4 is 5.32 Å². The number of nitrogens with one attached hydrogen (secondary N) is 1. The van der Waals surface area contributed by atoms with E-state index in [-0.39, 0.29) is 0 Å². The average molecular weight is 206 g/mol. The Bertz CT molecular complexity index is 223. The van der Waals surface area contributed by atoms with Crippen LogP contribution in [-0.2, 0) is 0 Å². The van der Waals surface area contributed by atoms with Crippen molar-refractivity contribution in [2.75, 3.05) is 26.2 Å². The summed E-state index contributed by atoms with van der Waals surface area (Å²) in [5.74, 6) is 3.64. The van der Waals surface area contributed by atoms with Crippen molar-refractivity contribution in [3.63, 3.8) is 0 Å². The van der Waals surface area contributed by atoms with Crippen LogP contribution in [0.3, 0.4) is 0 Å². The number of rotatable bonds is 5. The molecule has 3 heterocycles. The van der Waals surface area contributed by atoms with Gasteiger partial charge in [0.15, 0.2) is 0 Å². The fourth-order valence-electron chi connectivity index (χ4n) is 2.84. The second-order valence-electron chi connectivity index (χ2n) is 4.86. The number of terminal acetylenes is 1. The summed E-state index contributed by atoms with van der Waals surface area (Å²) in [7, 11) is 0. The van der Waals surface area contributed by atoms with Gasteiger partial charge in [0.25, 0.3) is 0 Å². The van der Waals surface area contributed by atoms with E-state index in [2.05, 4.69) is 16.1 Å². The molecule has 3 fully saturated rings. The zero-order chi connectivity index (χ0) is 10.5. The van der Waals surface area contributed by atoms with Gasteiger partial charge in [-0.15, -0.1) is 12.3 Å². The van der Waals surface area contributed by atoms with E-state index < -0.39 is 0 Å². The Labute approximate surface area is 93.4 Å². The zero-order valence-electron chi connectivity index (χ0n) is 9.54. The molecule has 3 aliphatic heterocycles. The van der Waals surface area contributed by atoms with Gasteiger partial charge in [-0.05, 0) is 51.2 Å². The van der Waals surface area contributed by atoms with Gasteiger partial charge in [-0.3, -0.25) is 0 Å². The minimum atomic E-state index is 0.762. The Balaban J connectivity index is 1.61. The van der Waals surface area contributed by atoms with Gasteiger partial charge in [-0.1, -0.05) is 0 Å². The predicted molar refractivity (Wildman–Crippen MR) is 63.6 cm³/mol. The van der Waals surface area contributed by atoms with Gasteiger partial charge < -0.3 is 10.2 Å². The van der Waals surface area contributed by atoms with Gasteiger partial charge in [-0.25, -0.2) is 0 Å². The molecule has 0 aliphatic carbocycles. The van der Waals surface area contributed by atoms with Crippen LogP contribution in [0, 0.1) is 18.3 Å². The molecule has 3 saturated heterocycles. The van der Waals surface area contributed by atoms with Crippen molar-refractivity contribution in [3.8, 4) is 12.3 Å². The SMILES string of the molecule is C#CCCCCNC1CN2CCC1CC2. The van der Waals surface area contributed by atoms with E-state index in [0.29, 0.717) is 0 Å². The van der Waals surface area contributed by atoms with Crippen molar-refractivity contribution in [1.29, 1.82) is 0 Å². The lowest BCUT2D eigenvalue weighted by Gasteiger charge is -2.45. The molecule has 2 heteroatoms. The zero-order valence-corrected chi connectivity index (χ0v) is 9.54. The normalized spacial score (nSPS) is 33.9. The van der Waals surface area contributed by atoms with Crippen LogP contribution in [0.4, 0.5) is 0 Å². The van der Waals surface area contributed by atoms with Gasteiger partial charge in [0.2, 0.25) is 0 Å². The molecule has 84 valence electrons. The first kappa shape index (κ1) is 11.0. The Kier molecular flexibility index (Phi) is 4.05. The molecule has 1 unspecified atom stereocenters. The molecular weight excluding hydrogens is 184 g/mol. The summed E-state index contributed by atoms with van der Waals surface area (Å²) in [6.45, 7) is 5.09. The highest BCUT2D eigenvalue weighted by molar-refractivity contribution is 4.90. The van der Waals surface area contributed by atoms with E-state index >= 15 is 0 Å². The first-order valence-corrected chi connectivity index (χ1v) is 6.29. The van der Waals surface area contributed by atoms with E-state index in [4.69, 9.17) is 6.42 Å². The summed E-state index contributed by atoms with van der Waals surface area (Å²) in [5, 5.41) is 3.70. The lowest BCUT2D eigenvalue weighted by Crippen LogP contribution is -2.56. The molecule has 3 rings (SSSR count). The molecule has 1 N–H and O–H groups in total. The van der Waals surface area contributed by atoms with Gasteiger partial charge in [0, 0.05) is 19.0 Å². The van der Waals surface area contributed by atoms with E-state index in [1.54, 1.807) is 0 Å². The number of nitrogens with zero attached hydrogens (tertiary/aromatic N) is 1. The summed E-state index contributed by atoms with van der Waals surface area (Å²) >= 11 is 0. The first-order chi connectivity index (χ1) is 7.40.